The molecule has 1 saturated heterocycles. The maximum atomic E-state index is 11.3. The first kappa shape index (κ1) is 11.8. The molecule has 0 aromatic rings. The fourth-order valence-corrected chi connectivity index (χ4v) is 1.80. The van der Waals surface area contributed by atoms with Crippen LogP contribution in [0.15, 0.2) is 0 Å². The van der Waals surface area contributed by atoms with Gasteiger partial charge in [0.25, 0.3) is 0 Å². The highest BCUT2D eigenvalue weighted by atomic mass is 35.5. The predicted octanol–water partition coefficient (Wildman–Crippen LogP) is 0.487. The second-order valence-corrected chi connectivity index (χ2v) is 3.47. The molecule has 0 spiro atoms. The van der Waals surface area contributed by atoms with Crippen LogP contribution in [0.25, 0.3) is 0 Å². The van der Waals surface area contributed by atoms with Gasteiger partial charge in [0.15, 0.2) is 0 Å². The quantitative estimate of drug-likeness (QED) is 0.649. The van der Waals surface area contributed by atoms with Crippen molar-refractivity contribution in [1.29, 1.82) is 0 Å². The van der Waals surface area contributed by atoms with Crippen molar-refractivity contribution >= 4 is 17.5 Å². The van der Waals surface area contributed by atoms with Crippen molar-refractivity contribution in [1.82, 2.24) is 4.90 Å². The summed E-state index contributed by atoms with van der Waals surface area (Å²) < 4.78 is 10.7. The van der Waals surface area contributed by atoms with E-state index in [-0.39, 0.29) is 24.0 Å². The number of hydrogen-bond donors (Lipinski definition) is 0. The first-order valence-corrected chi connectivity index (χ1v) is 5.24. The van der Waals surface area contributed by atoms with E-state index in [0.717, 1.165) is 0 Å². The Balaban J connectivity index is 2.51. The van der Waals surface area contributed by atoms with Gasteiger partial charge in [-0.25, -0.2) is 0 Å². The molecule has 0 aliphatic carbocycles. The first-order chi connectivity index (χ1) is 6.72. The molecule has 0 aromatic carbocycles. The molecule has 0 saturated carbocycles. The van der Waals surface area contributed by atoms with E-state index in [4.69, 9.17) is 21.1 Å². The van der Waals surface area contributed by atoms with Gasteiger partial charge in [0.05, 0.1) is 0 Å². The Morgan fingerprint density at radius 1 is 1.50 bits per heavy atom. The Labute approximate surface area is 89.1 Å². The monoisotopic (exact) mass is 221 g/mol. The lowest BCUT2D eigenvalue weighted by atomic mass is 10.2. The van der Waals surface area contributed by atoms with Crippen LogP contribution in [0.1, 0.15) is 6.92 Å². The minimum absolute atomic E-state index is 0.0165. The summed E-state index contributed by atoms with van der Waals surface area (Å²) in [6, 6.07) is 0. The molecule has 1 amide bonds. The molecule has 2 atom stereocenters. The van der Waals surface area contributed by atoms with E-state index < -0.39 is 0 Å². The Morgan fingerprint density at radius 3 is 2.64 bits per heavy atom. The standard InChI is InChI=1S/C9H16ClNO3/c1-3-14-8-6-11(9(12)4-10)5-7(8)13-2/h7-8H,3-6H2,1-2H3. The number of amides is 1. The maximum Gasteiger partial charge on any atom is 0.237 e. The molecule has 14 heavy (non-hydrogen) atoms. The van der Waals surface area contributed by atoms with Gasteiger partial charge in [0.1, 0.15) is 18.1 Å². The molecule has 1 rings (SSSR count). The molecule has 1 fully saturated rings. The summed E-state index contributed by atoms with van der Waals surface area (Å²) in [6.07, 6.45) is -0.0423. The third-order valence-electron chi connectivity index (χ3n) is 2.37. The molecule has 1 aliphatic heterocycles. The zero-order chi connectivity index (χ0) is 10.6. The number of hydrogen-bond acceptors (Lipinski definition) is 3. The second kappa shape index (κ2) is 5.53. The number of ether oxygens (including phenoxy) is 2. The lowest BCUT2D eigenvalue weighted by Gasteiger charge is -2.15. The van der Waals surface area contributed by atoms with Crippen LogP contribution in [-0.4, -0.2) is 55.7 Å². The number of rotatable bonds is 4. The predicted molar refractivity (Wildman–Crippen MR) is 53.5 cm³/mol. The van der Waals surface area contributed by atoms with Crippen molar-refractivity contribution < 1.29 is 14.3 Å². The SMILES string of the molecule is CCOC1CN(C(=O)CCl)CC1OC. The lowest BCUT2D eigenvalue weighted by Crippen LogP contribution is -2.30. The zero-order valence-corrected chi connectivity index (χ0v) is 9.29. The fraction of sp³-hybridized carbons (Fsp3) is 0.889. The van der Waals surface area contributed by atoms with Gasteiger partial charge >= 0.3 is 0 Å². The van der Waals surface area contributed by atoms with Crippen LogP contribution in [0.5, 0.6) is 0 Å². The van der Waals surface area contributed by atoms with Gasteiger partial charge in [-0.05, 0) is 6.92 Å². The van der Waals surface area contributed by atoms with E-state index in [0.29, 0.717) is 19.7 Å². The van der Waals surface area contributed by atoms with Gasteiger partial charge < -0.3 is 14.4 Å². The summed E-state index contributed by atoms with van der Waals surface area (Å²) in [4.78, 5) is 13.0. The number of nitrogens with zero attached hydrogens (tertiary/aromatic N) is 1. The van der Waals surface area contributed by atoms with Crippen LogP contribution in [0.3, 0.4) is 0 Å². The second-order valence-electron chi connectivity index (χ2n) is 3.20. The van der Waals surface area contributed by atoms with Crippen molar-refractivity contribution in [2.24, 2.45) is 0 Å². The van der Waals surface area contributed by atoms with Crippen LogP contribution in [0, 0.1) is 0 Å². The van der Waals surface area contributed by atoms with Crippen LogP contribution in [0.2, 0.25) is 0 Å². The Morgan fingerprint density at radius 2 is 2.14 bits per heavy atom. The molecule has 1 aliphatic rings. The summed E-state index contributed by atoms with van der Waals surface area (Å²) in [5.74, 6) is -0.0362. The molecule has 0 radical (unpaired) electrons. The van der Waals surface area contributed by atoms with Crippen LogP contribution >= 0.6 is 11.6 Å². The van der Waals surface area contributed by atoms with E-state index in [1.54, 1.807) is 12.0 Å². The number of halogens is 1. The van der Waals surface area contributed by atoms with E-state index in [9.17, 15) is 4.79 Å². The third-order valence-corrected chi connectivity index (χ3v) is 2.59. The van der Waals surface area contributed by atoms with Crippen molar-refractivity contribution in [3.05, 3.63) is 0 Å². The number of likely N-dealkylation sites (tertiary alicyclic amines) is 1. The van der Waals surface area contributed by atoms with E-state index in [1.807, 2.05) is 6.92 Å². The Kier molecular flexibility index (Phi) is 4.65. The van der Waals surface area contributed by atoms with Crippen LogP contribution < -0.4 is 0 Å². The van der Waals surface area contributed by atoms with Gasteiger partial charge in [-0.3, -0.25) is 4.79 Å². The Bertz CT molecular complexity index is 200. The molecular formula is C9H16ClNO3. The highest BCUT2D eigenvalue weighted by Crippen LogP contribution is 2.16. The summed E-state index contributed by atoms with van der Waals surface area (Å²) in [5, 5.41) is 0. The summed E-state index contributed by atoms with van der Waals surface area (Å²) in [7, 11) is 1.63. The molecule has 0 bridgehead atoms. The lowest BCUT2D eigenvalue weighted by molar-refractivity contribution is -0.128. The van der Waals surface area contributed by atoms with E-state index in [2.05, 4.69) is 0 Å². The molecule has 5 heteroatoms. The van der Waals surface area contributed by atoms with Gasteiger partial charge in [-0.1, -0.05) is 0 Å². The molecule has 82 valence electrons. The number of carbonyl (C=O) groups excluding carboxylic acids is 1. The van der Waals surface area contributed by atoms with Crippen molar-refractivity contribution in [2.75, 3.05) is 32.7 Å². The minimum Gasteiger partial charge on any atom is -0.377 e. The largest absolute Gasteiger partial charge is 0.377 e. The van der Waals surface area contributed by atoms with Crippen LogP contribution in [0.4, 0.5) is 0 Å². The van der Waals surface area contributed by atoms with E-state index >= 15 is 0 Å². The highest BCUT2D eigenvalue weighted by Gasteiger charge is 2.35. The minimum atomic E-state index is -0.0593. The average Bonchev–Trinajstić information content (AvgIpc) is 2.60. The summed E-state index contributed by atoms with van der Waals surface area (Å²) >= 11 is 5.47. The highest BCUT2D eigenvalue weighted by molar-refractivity contribution is 6.27. The van der Waals surface area contributed by atoms with Gasteiger partial charge in [0.2, 0.25) is 5.91 Å². The summed E-state index contributed by atoms with van der Waals surface area (Å²) in [5.41, 5.74) is 0. The smallest absolute Gasteiger partial charge is 0.237 e. The van der Waals surface area contributed by atoms with Crippen LogP contribution in [-0.2, 0) is 14.3 Å². The molecule has 4 nitrogen and oxygen atoms in total. The topological polar surface area (TPSA) is 38.8 Å². The Hall–Kier alpha value is -0.320. The molecule has 1 heterocycles. The molecule has 0 N–H and O–H groups in total. The maximum absolute atomic E-state index is 11.3. The molecular weight excluding hydrogens is 206 g/mol. The third kappa shape index (κ3) is 2.59. The van der Waals surface area contributed by atoms with Gasteiger partial charge in [0, 0.05) is 26.8 Å². The fourth-order valence-electron chi connectivity index (χ4n) is 1.63. The normalized spacial score (nSPS) is 26.9. The summed E-state index contributed by atoms with van der Waals surface area (Å²) in [6.45, 7) is 3.72. The average molecular weight is 222 g/mol. The molecule has 0 aromatic heterocycles. The van der Waals surface area contributed by atoms with Gasteiger partial charge in [-0.2, -0.15) is 0 Å². The number of carbonyl (C=O) groups is 1. The number of alkyl halides is 1. The zero-order valence-electron chi connectivity index (χ0n) is 8.53. The van der Waals surface area contributed by atoms with Crippen molar-refractivity contribution in [2.45, 2.75) is 19.1 Å². The van der Waals surface area contributed by atoms with Gasteiger partial charge in [-0.15, -0.1) is 11.6 Å². The van der Waals surface area contributed by atoms with E-state index in [1.165, 1.54) is 0 Å². The first-order valence-electron chi connectivity index (χ1n) is 4.71. The molecule has 2 unspecified atom stereocenters. The van der Waals surface area contributed by atoms with Crippen molar-refractivity contribution in [3.8, 4) is 0 Å². The number of methoxy groups -OCH3 is 1. The van der Waals surface area contributed by atoms with Crippen molar-refractivity contribution in [3.63, 3.8) is 0 Å².